The predicted octanol–water partition coefficient (Wildman–Crippen LogP) is 2.58. The smallest absolute Gasteiger partial charge is 0.319 e. The molecule has 0 aliphatic carbocycles. The summed E-state index contributed by atoms with van der Waals surface area (Å²) in [5.41, 5.74) is 1.82. The number of likely N-dealkylation sites (N-methyl/N-ethyl adjacent to an activating group) is 1. The largest absolute Gasteiger partial charge is 0.481 e. The number of carbonyl (C=O) groups excluding carboxylic acids is 1. The highest BCUT2D eigenvalue weighted by Crippen LogP contribution is 2.20. The second kappa shape index (κ2) is 7.77. The molecule has 0 bridgehead atoms. The first-order chi connectivity index (χ1) is 10.6. The van der Waals surface area contributed by atoms with Gasteiger partial charge in [-0.3, -0.25) is 0 Å². The van der Waals surface area contributed by atoms with Gasteiger partial charge in [-0.2, -0.15) is 11.3 Å². The summed E-state index contributed by atoms with van der Waals surface area (Å²) in [6, 6.07) is 5.40. The number of pyridine rings is 1. The Kier molecular flexibility index (Phi) is 5.74. The quantitative estimate of drug-likeness (QED) is 0.858. The fourth-order valence-electron chi connectivity index (χ4n) is 2.00. The van der Waals surface area contributed by atoms with Crippen LogP contribution in [0.1, 0.15) is 11.6 Å². The fourth-order valence-corrected chi connectivity index (χ4v) is 2.71. The van der Waals surface area contributed by atoms with Crippen LogP contribution in [0.15, 0.2) is 35.2 Å². The summed E-state index contributed by atoms with van der Waals surface area (Å²) in [5, 5.41) is 9.76. The standard InChI is InChI=1S/C15H20N4O2S/c1-19(2)13(11-6-7-22-10-11)9-17-15(20)18-12-4-5-14(21-3)16-8-12/h4-8,10,13H,9H2,1-3H3,(H2,17,18,20)/t13-/m0/s1. The maximum absolute atomic E-state index is 12.0. The number of anilines is 1. The highest BCUT2D eigenvalue weighted by Gasteiger charge is 2.15. The van der Waals surface area contributed by atoms with E-state index < -0.39 is 0 Å². The van der Waals surface area contributed by atoms with E-state index in [-0.39, 0.29) is 12.1 Å². The van der Waals surface area contributed by atoms with E-state index in [1.54, 1.807) is 36.8 Å². The molecule has 2 N–H and O–H groups in total. The Bertz CT molecular complexity index is 584. The molecule has 2 heterocycles. The third kappa shape index (κ3) is 4.44. The third-order valence-corrected chi connectivity index (χ3v) is 3.91. The zero-order chi connectivity index (χ0) is 15.9. The minimum absolute atomic E-state index is 0.144. The number of aromatic nitrogens is 1. The molecule has 6 nitrogen and oxygen atoms in total. The lowest BCUT2D eigenvalue weighted by Crippen LogP contribution is -2.36. The maximum Gasteiger partial charge on any atom is 0.319 e. The number of urea groups is 1. The van der Waals surface area contributed by atoms with Crippen molar-refractivity contribution in [2.24, 2.45) is 0 Å². The minimum atomic E-state index is -0.256. The van der Waals surface area contributed by atoms with Crippen molar-refractivity contribution in [3.63, 3.8) is 0 Å². The number of carbonyl (C=O) groups is 1. The van der Waals surface area contributed by atoms with E-state index in [2.05, 4.69) is 32.0 Å². The summed E-state index contributed by atoms with van der Waals surface area (Å²) in [6.45, 7) is 0.527. The number of hydrogen-bond donors (Lipinski definition) is 2. The molecular formula is C15H20N4O2S. The van der Waals surface area contributed by atoms with Crippen LogP contribution >= 0.6 is 11.3 Å². The van der Waals surface area contributed by atoms with Crippen LogP contribution in [0.25, 0.3) is 0 Å². The second-order valence-electron chi connectivity index (χ2n) is 4.96. The highest BCUT2D eigenvalue weighted by molar-refractivity contribution is 7.07. The van der Waals surface area contributed by atoms with Gasteiger partial charge in [-0.05, 0) is 42.6 Å². The normalized spacial score (nSPS) is 12.0. The van der Waals surface area contributed by atoms with Crippen molar-refractivity contribution in [2.45, 2.75) is 6.04 Å². The monoisotopic (exact) mass is 320 g/mol. The zero-order valence-electron chi connectivity index (χ0n) is 12.9. The van der Waals surface area contributed by atoms with Gasteiger partial charge in [-0.1, -0.05) is 0 Å². The molecule has 0 fully saturated rings. The van der Waals surface area contributed by atoms with Crippen molar-refractivity contribution >= 4 is 23.1 Å². The first-order valence-electron chi connectivity index (χ1n) is 6.83. The highest BCUT2D eigenvalue weighted by atomic mass is 32.1. The number of amides is 2. The van der Waals surface area contributed by atoms with Crippen molar-refractivity contribution in [2.75, 3.05) is 33.1 Å². The molecule has 2 rings (SSSR count). The average molecular weight is 320 g/mol. The Labute approximate surface area is 134 Å². The van der Waals surface area contributed by atoms with E-state index >= 15 is 0 Å². The van der Waals surface area contributed by atoms with E-state index in [0.717, 1.165) is 0 Å². The van der Waals surface area contributed by atoms with Crippen LogP contribution in [0.5, 0.6) is 5.88 Å². The van der Waals surface area contributed by atoms with Crippen LogP contribution in [0.4, 0.5) is 10.5 Å². The zero-order valence-corrected chi connectivity index (χ0v) is 13.7. The predicted molar refractivity (Wildman–Crippen MR) is 88.6 cm³/mol. The van der Waals surface area contributed by atoms with Gasteiger partial charge in [-0.25, -0.2) is 9.78 Å². The van der Waals surface area contributed by atoms with Gasteiger partial charge in [0.05, 0.1) is 25.0 Å². The molecule has 7 heteroatoms. The Morgan fingerprint density at radius 3 is 2.77 bits per heavy atom. The van der Waals surface area contributed by atoms with E-state index in [9.17, 15) is 4.79 Å². The molecule has 0 aromatic carbocycles. The van der Waals surface area contributed by atoms with Crippen LogP contribution < -0.4 is 15.4 Å². The Balaban J connectivity index is 1.88. The second-order valence-corrected chi connectivity index (χ2v) is 5.74. The van der Waals surface area contributed by atoms with Gasteiger partial charge in [-0.15, -0.1) is 0 Å². The molecule has 0 spiro atoms. The van der Waals surface area contributed by atoms with Gasteiger partial charge in [0.1, 0.15) is 0 Å². The Hall–Kier alpha value is -2.12. The van der Waals surface area contributed by atoms with Crippen LogP contribution in [0.2, 0.25) is 0 Å². The van der Waals surface area contributed by atoms with Crippen LogP contribution in [-0.2, 0) is 0 Å². The van der Waals surface area contributed by atoms with Crippen LogP contribution in [0.3, 0.4) is 0 Å². The molecule has 118 valence electrons. The van der Waals surface area contributed by atoms with Gasteiger partial charge >= 0.3 is 6.03 Å². The lowest BCUT2D eigenvalue weighted by Gasteiger charge is -2.24. The summed E-state index contributed by atoms with van der Waals surface area (Å²) >= 11 is 1.65. The van der Waals surface area contributed by atoms with Crippen LogP contribution in [-0.4, -0.2) is 43.7 Å². The molecule has 1 atom stereocenters. The lowest BCUT2D eigenvalue weighted by molar-refractivity contribution is 0.243. The summed E-state index contributed by atoms with van der Waals surface area (Å²) < 4.78 is 4.98. The number of nitrogens with zero attached hydrogens (tertiary/aromatic N) is 2. The minimum Gasteiger partial charge on any atom is -0.481 e. The van der Waals surface area contributed by atoms with Gasteiger partial charge in [0.25, 0.3) is 0 Å². The fraction of sp³-hybridized carbons (Fsp3) is 0.333. The van der Waals surface area contributed by atoms with Gasteiger partial charge in [0, 0.05) is 12.6 Å². The summed E-state index contributed by atoms with van der Waals surface area (Å²) in [6.07, 6.45) is 1.56. The summed E-state index contributed by atoms with van der Waals surface area (Å²) in [4.78, 5) is 18.1. The molecule has 0 saturated heterocycles. The molecule has 0 saturated carbocycles. The van der Waals surface area contributed by atoms with E-state index in [4.69, 9.17) is 4.74 Å². The number of hydrogen-bond acceptors (Lipinski definition) is 5. The molecule has 2 amide bonds. The first kappa shape index (κ1) is 16.3. The van der Waals surface area contributed by atoms with Crippen molar-refractivity contribution in [3.05, 3.63) is 40.7 Å². The van der Waals surface area contributed by atoms with Crippen molar-refractivity contribution in [1.82, 2.24) is 15.2 Å². The topological polar surface area (TPSA) is 66.5 Å². The molecule has 2 aromatic rings. The molecule has 0 aliphatic heterocycles. The summed E-state index contributed by atoms with van der Waals surface area (Å²) in [7, 11) is 5.54. The van der Waals surface area contributed by atoms with Crippen molar-refractivity contribution < 1.29 is 9.53 Å². The average Bonchev–Trinajstić information content (AvgIpc) is 3.02. The number of rotatable bonds is 6. The lowest BCUT2D eigenvalue weighted by atomic mass is 10.1. The van der Waals surface area contributed by atoms with Gasteiger partial charge < -0.3 is 20.3 Å². The van der Waals surface area contributed by atoms with Gasteiger partial charge in [0.15, 0.2) is 0 Å². The molecule has 0 aliphatic rings. The van der Waals surface area contributed by atoms with Crippen molar-refractivity contribution in [3.8, 4) is 5.88 Å². The molecular weight excluding hydrogens is 300 g/mol. The SMILES string of the molecule is COc1ccc(NC(=O)NC[C@@H](c2ccsc2)N(C)C)cn1. The molecule has 0 radical (unpaired) electrons. The number of nitrogens with one attached hydrogen (secondary N) is 2. The van der Waals surface area contributed by atoms with Crippen LogP contribution in [0, 0.1) is 0 Å². The number of methoxy groups -OCH3 is 1. The summed E-state index contributed by atoms with van der Waals surface area (Å²) in [5.74, 6) is 0.510. The van der Waals surface area contributed by atoms with E-state index in [1.165, 1.54) is 5.56 Å². The number of thiophene rings is 1. The Morgan fingerprint density at radius 2 is 2.23 bits per heavy atom. The van der Waals surface area contributed by atoms with Gasteiger partial charge in [0.2, 0.25) is 5.88 Å². The Morgan fingerprint density at radius 1 is 1.41 bits per heavy atom. The third-order valence-electron chi connectivity index (χ3n) is 3.21. The maximum atomic E-state index is 12.0. The first-order valence-corrected chi connectivity index (χ1v) is 7.78. The molecule has 2 aromatic heterocycles. The van der Waals surface area contributed by atoms with E-state index in [0.29, 0.717) is 18.1 Å². The number of ether oxygens (including phenoxy) is 1. The van der Waals surface area contributed by atoms with Crippen molar-refractivity contribution in [1.29, 1.82) is 0 Å². The molecule has 22 heavy (non-hydrogen) atoms. The molecule has 0 unspecified atom stereocenters. The van der Waals surface area contributed by atoms with E-state index in [1.807, 2.05) is 19.5 Å².